The molecule has 1 amide bonds. The highest BCUT2D eigenvalue weighted by Crippen LogP contribution is 2.19. The first-order chi connectivity index (χ1) is 9.16. The van der Waals surface area contributed by atoms with Crippen LogP contribution in [-0.4, -0.2) is 29.9 Å². The Kier molecular flexibility index (Phi) is 4.74. The van der Waals surface area contributed by atoms with Crippen LogP contribution in [0.4, 0.5) is 0 Å². The minimum absolute atomic E-state index is 0.104. The predicted molar refractivity (Wildman–Crippen MR) is 78.4 cm³/mol. The van der Waals surface area contributed by atoms with E-state index >= 15 is 0 Å². The van der Waals surface area contributed by atoms with Gasteiger partial charge in [0.2, 0.25) is 5.91 Å². The minimum Gasteiger partial charge on any atom is -0.339 e. The summed E-state index contributed by atoms with van der Waals surface area (Å²) in [4.78, 5) is 14.0. The zero-order valence-electron chi connectivity index (χ0n) is 11.5. The Balaban J connectivity index is 1.86. The zero-order valence-corrected chi connectivity index (χ0v) is 11.5. The summed E-state index contributed by atoms with van der Waals surface area (Å²) < 4.78 is 0. The Bertz CT molecular complexity index is 431. The van der Waals surface area contributed by atoms with Crippen LogP contribution in [0.5, 0.6) is 0 Å². The second kappa shape index (κ2) is 6.53. The molecular formula is C16H22N2O. The van der Waals surface area contributed by atoms with E-state index in [9.17, 15) is 4.79 Å². The highest BCUT2D eigenvalue weighted by molar-refractivity contribution is 5.91. The topological polar surface area (TPSA) is 46.3 Å². The Labute approximate surface area is 115 Å². The molecule has 0 spiro atoms. The van der Waals surface area contributed by atoms with Gasteiger partial charge in [0.25, 0.3) is 0 Å². The van der Waals surface area contributed by atoms with Crippen molar-refractivity contribution >= 4 is 12.0 Å². The molecular weight excluding hydrogens is 236 g/mol. The molecule has 3 heteroatoms. The number of rotatable bonds is 3. The first-order valence-corrected chi connectivity index (χ1v) is 6.94. The fraction of sp³-hybridized carbons (Fsp3) is 0.438. The predicted octanol–water partition coefficient (Wildman–Crippen LogP) is 2.29. The second-order valence-electron chi connectivity index (χ2n) is 5.27. The number of hydrogen-bond donors (Lipinski definition) is 1. The summed E-state index contributed by atoms with van der Waals surface area (Å²) in [5, 5.41) is 0. The molecule has 1 unspecified atom stereocenters. The molecule has 0 saturated carbocycles. The van der Waals surface area contributed by atoms with E-state index in [2.05, 4.69) is 6.92 Å². The number of amides is 1. The van der Waals surface area contributed by atoms with Crippen molar-refractivity contribution in [2.75, 3.05) is 13.1 Å². The SMILES string of the molecule is CC(N)C1CCN(C(=O)C=Cc2ccccc2)CC1. The van der Waals surface area contributed by atoms with E-state index in [1.54, 1.807) is 6.08 Å². The first kappa shape index (κ1) is 13.8. The molecule has 1 aromatic carbocycles. The molecule has 2 rings (SSSR count). The van der Waals surface area contributed by atoms with Crippen molar-refractivity contribution in [3.63, 3.8) is 0 Å². The Morgan fingerprint density at radius 3 is 2.53 bits per heavy atom. The van der Waals surface area contributed by atoms with Crippen LogP contribution in [0.3, 0.4) is 0 Å². The van der Waals surface area contributed by atoms with Gasteiger partial charge in [-0.25, -0.2) is 0 Å². The molecule has 102 valence electrons. The normalized spacial score (nSPS) is 18.7. The third-order valence-electron chi connectivity index (χ3n) is 3.81. The van der Waals surface area contributed by atoms with Gasteiger partial charge in [0.05, 0.1) is 0 Å². The van der Waals surface area contributed by atoms with E-state index in [1.165, 1.54) is 0 Å². The summed E-state index contributed by atoms with van der Waals surface area (Å²) in [6.45, 7) is 3.70. The lowest BCUT2D eigenvalue weighted by Crippen LogP contribution is -2.41. The van der Waals surface area contributed by atoms with Crippen LogP contribution in [0.25, 0.3) is 6.08 Å². The van der Waals surface area contributed by atoms with Gasteiger partial charge in [-0.05, 0) is 37.3 Å². The van der Waals surface area contributed by atoms with E-state index in [-0.39, 0.29) is 11.9 Å². The zero-order chi connectivity index (χ0) is 13.7. The maximum atomic E-state index is 12.1. The van der Waals surface area contributed by atoms with Crippen molar-refractivity contribution in [2.24, 2.45) is 11.7 Å². The molecule has 0 aliphatic carbocycles. The van der Waals surface area contributed by atoms with Crippen LogP contribution >= 0.6 is 0 Å². The lowest BCUT2D eigenvalue weighted by atomic mass is 9.91. The molecule has 0 radical (unpaired) electrons. The summed E-state index contributed by atoms with van der Waals surface area (Å²) >= 11 is 0. The molecule has 3 nitrogen and oxygen atoms in total. The van der Waals surface area contributed by atoms with Gasteiger partial charge < -0.3 is 10.6 Å². The van der Waals surface area contributed by atoms with Crippen LogP contribution in [0, 0.1) is 5.92 Å². The molecule has 2 N–H and O–H groups in total. The van der Waals surface area contributed by atoms with Crippen LogP contribution in [0.1, 0.15) is 25.3 Å². The first-order valence-electron chi connectivity index (χ1n) is 6.94. The second-order valence-corrected chi connectivity index (χ2v) is 5.27. The van der Waals surface area contributed by atoms with Crippen LogP contribution < -0.4 is 5.73 Å². The third kappa shape index (κ3) is 3.93. The number of likely N-dealkylation sites (tertiary alicyclic amines) is 1. The Morgan fingerprint density at radius 2 is 1.95 bits per heavy atom. The molecule has 1 aromatic rings. The lowest BCUT2D eigenvalue weighted by molar-refractivity contribution is -0.127. The average molecular weight is 258 g/mol. The van der Waals surface area contributed by atoms with Gasteiger partial charge in [-0.1, -0.05) is 30.3 Å². The van der Waals surface area contributed by atoms with Gasteiger partial charge in [0.1, 0.15) is 0 Å². The van der Waals surface area contributed by atoms with E-state index in [0.29, 0.717) is 5.92 Å². The number of nitrogens with zero attached hydrogens (tertiary/aromatic N) is 1. The van der Waals surface area contributed by atoms with Crippen molar-refractivity contribution in [2.45, 2.75) is 25.8 Å². The standard InChI is InChI=1S/C16H22N2O/c1-13(17)15-9-11-18(12-10-15)16(19)8-7-14-5-3-2-4-6-14/h2-8,13,15H,9-12,17H2,1H3. The van der Waals surface area contributed by atoms with Crippen LogP contribution in [0.15, 0.2) is 36.4 Å². The van der Waals surface area contributed by atoms with E-state index < -0.39 is 0 Å². The summed E-state index contributed by atoms with van der Waals surface area (Å²) in [6.07, 6.45) is 5.58. The number of hydrogen-bond acceptors (Lipinski definition) is 2. The fourth-order valence-electron chi connectivity index (χ4n) is 2.48. The number of nitrogens with two attached hydrogens (primary N) is 1. The lowest BCUT2D eigenvalue weighted by Gasteiger charge is -2.33. The highest BCUT2D eigenvalue weighted by Gasteiger charge is 2.23. The van der Waals surface area contributed by atoms with Gasteiger partial charge in [-0.2, -0.15) is 0 Å². The van der Waals surface area contributed by atoms with Crippen molar-refractivity contribution in [1.82, 2.24) is 4.90 Å². The Morgan fingerprint density at radius 1 is 1.32 bits per heavy atom. The van der Waals surface area contributed by atoms with Gasteiger partial charge in [0.15, 0.2) is 0 Å². The van der Waals surface area contributed by atoms with Crippen molar-refractivity contribution in [3.8, 4) is 0 Å². The monoisotopic (exact) mass is 258 g/mol. The maximum absolute atomic E-state index is 12.1. The average Bonchev–Trinajstić information content (AvgIpc) is 2.46. The molecule has 1 aliphatic heterocycles. The van der Waals surface area contributed by atoms with E-state index in [1.807, 2.05) is 41.3 Å². The number of benzene rings is 1. The highest BCUT2D eigenvalue weighted by atomic mass is 16.2. The van der Waals surface area contributed by atoms with Crippen molar-refractivity contribution < 1.29 is 4.79 Å². The third-order valence-corrected chi connectivity index (χ3v) is 3.81. The van der Waals surface area contributed by atoms with E-state index in [4.69, 9.17) is 5.73 Å². The Hall–Kier alpha value is -1.61. The van der Waals surface area contributed by atoms with Gasteiger partial charge in [-0.3, -0.25) is 4.79 Å². The summed E-state index contributed by atoms with van der Waals surface area (Å²) in [5.41, 5.74) is 6.96. The molecule has 1 heterocycles. The number of carbonyl (C=O) groups excluding carboxylic acids is 1. The van der Waals surface area contributed by atoms with Gasteiger partial charge in [0, 0.05) is 25.2 Å². The maximum Gasteiger partial charge on any atom is 0.246 e. The molecule has 0 aromatic heterocycles. The summed E-state index contributed by atoms with van der Waals surface area (Å²) in [5.74, 6) is 0.661. The molecule has 0 bridgehead atoms. The van der Waals surface area contributed by atoms with Gasteiger partial charge in [-0.15, -0.1) is 0 Å². The largest absolute Gasteiger partial charge is 0.339 e. The molecule has 1 aliphatic rings. The smallest absolute Gasteiger partial charge is 0.246 e. The molecule has 1 saturated heterocycles. The molecule has 1 fully saturated rings. The summed E-state index contributed by atoms with van der Waals surface area (Å²) in [6, 6.07) is 10.1. The fourth-order valence-corrected chi connectivity index (χ4v) is 2.48. The van der Waals surface area contributed by atoms with Crippen molar-refractivity contribution in [3.05, 3.63) is 42.0 Å². The van der Waals surface area contributed by atoms with E-state index in [0.717, 1.165) is 31.5 Å². The summed E-state index contributed by atoms with van der Waals surface area (Å²) in [7, 11) is 0. The number of piperidine rings is 1. The van der Waals surface area contributed by atoms with Crippen molar-refractivity contribution in [1.29, 1.82) is 0 Å². The van der Waals surface area contributed by atoms with Crippen LogP contribution in [-0.2, 0) is 4.79 Å². The minimum atomic E-state index is 0.104. The quantitative estimate of drug-likeness (QED) is 0.846. The number of carbonyl (C=O) groups is 1. The van der Waals surface area contributed by atoms with Gasteiger partial charge >= 0.3 is 0 Å². The van der Waals surface area contributed by atoms with Crippen LogP contribution in [0.2, 0.25) is 0 Å². The molecule has 1 atom stereocenters. The molecule has 19 heavy (non-hydrogen) atoms.